The van der Waals surface area contributed by atoms with Gasteiger partial charge in [0.2, 0.25) is 0 Å². The summed E-state index contributed by atoms with van der Waals surface area (Å²) in [6.07, 6.45) is 3.59. The van der Waals surface area contributed by atoms with Crippen LogP contribution in [0.25, 0.3) is 0 Å². The van der Waals surface area contributed by atoms with Gasteiger partial charge in [-0.1, -0.05) is 42.3 Å². The fourth-order valence-electron chi connectivity index (χ4n) is 2.51. The first-order valence-electron chi connectivity index (χ1n) is 6.25. The molecule has 1 aliphatic carbocycles. The van der Waals surface area contributed by atoms with E-state index in [0.29, 0.717) is 16.5 Å². The lowest BCUT2D eigenvalue weighted by Gasteiger charge is -2.24. The van der Waals surface area contributed by atoms with E-state index >= 15 is 0 Å². The molecule has 0 heterocycles. The fraction of sp³-hybridized carbons (Fsp3) is 0.571. The van der Waals surface area contributed by atoms with Gasteiger partial charge in [0.25, 0.3) is 0 Å². The summed E-state index contributed by atoms with van der Waals surface area (Å²) in [7, 11) is 0. The molecule has 1 aromatic carbocycles. The molecule has 3 heteroatoms. The van der Waals surface area contributed by atoms with Crippen molar-refractivity contribution in [2.24, 2.45) is 5.41 Å². The maximum Gasteiger partial charge on any atom is 0.0624 e. The van der Waals surface area contributed by atoms with Crippen LogP contribution in [0.15, 0.2) is 18.2 Å². The van der Waals surface area contributed by atoms with E-state index in [1.807, 2.05) is 12.1 Å². The van der Waals surface area contributed by atoms with Crippen LogP contribution in [-0.2, 0) is 6.42 Å². The minimum atomic E-state index is 0.393. The molecule has 0 amide bonds. The second-order valence-electron chi connectivity index (χ2n) is 5.03. The largest absolute Gasteiger partial charge is 0.314 e. The second kappa shape index (κ2) is 5.17. The summed E-state index contributed by atoms with van der Waals surface area (Å²) in [6.45, 7) is 5.44. The zero-order valence-corrected chi connectivity index (χ0v) is 11.9. The molecule has 1 unspecified atom stereocenters. The monoisotopic (exact) mass is 271 g/mol. The highest BCUT2D eigenvalue weighted by Crippen LogP contribution is 2.52. The number of nitrogens with one attached hydrogen (secondary N) is 1. The van der Waals surface area contributed by atoms with E-state index < -0.39 is 0 Å². The van der Waals surface area contributed by atoms with Gasteiger partial charge in [-0.3, -0.25) is 0 Å². The Labute approximate surface area is 114 Å². The molecule has 1 aromatic rings. The van der Waals surface area contributed by atoms with E-state index in [1.54, 1.807) is 0 Å². The Bertz CT molecular complexity index is 399. The van der Waals surface area contributed by atoms with Gasteiger partial charge >= 0.3 is 0 Å². The van der Waals surface area contributed by atoms with E-state index in [9.17, 15) is 0 Å². The van der Waals surface area contributed by atoms with Crippen molar-refractivity contribution in [3.63, 3.8) is 0 Å². The summed E-state index contributed by atoms with van der Waals surface area (Å²) < 4.78 is 0. The Hall–Kier alpha value is -0.240. The third-order valence-electron chi connectivity index (χ3n) is 3.90. The SMILES string of the molecule is CCNC(C)C1(Cc2cccc(Cl)c2Cl)CC1. The molecule has 1 saturated carbocycles. The molecular weight excluding hydrogens is 253 g/mol. The minimum absolute atomic E-state index is 0.393. The smallest absolute Gasteiger partial charge is 0.0624 e. The third kappa shape index (κ3) is 2.78. The normalized spacial score (nSPS) is 19.1. The summed E-state index contributed by atoms with van der Waals surface area (Å²) in [5, 5.41) is 4.92. The van der Waals surface area contributed by atoms with Gasteiger partial charge in [-0.05, 0) is 49.8 Å². The number of benzene rings is 1. The van der Waals surface area contributed by atoms with Crippen molar-refractivity contribution in [3.8, 4) is 0 Å². The topological polar surface area (TPSA) is 12.0 Å². The van der Waals surface area contributed by atoms with E-state index in [4.69, 9.17) is 23.2 Å². The molecule has 0 bridgehead atoms. The number of hydrogen-bond donors (Lipinski definition) is 1. The van der Waals surface area contributed by atoms with Crippen molar-refractivity contribution in [1.29, 1.82) is 0 Å². The van der Waals surface area contributed by atoms with Gasteiger partial charge in [0.1, 0.15) is 0 Å². The molecule has 94 valence electrons. The highest BCUT2D eigenvalue weighted by atomic mass is 35.5. The van der Waals surface area contributed by atoms with Crippen LogP contribution in [-0.4, -0.2) is 12.6 Å². The Morgan fingerprint density at radius 3 is 2.65 bits per heavy atom. The average Bonchev–Trinajstić information content (AvgIpc) is 3.06. The Balaban J connectivity index is 2.13. The first-order chi connectivity index (χ1) is 8.09. The summed E-state index contributed by atoms with van der Waals surface area (Å²) in [5.41, 5.74) is 1.58. The van der Waals surface area contributed by atoms with Crippen molar-refractivity contribution in [2.75, 3.05) is 6.54 Å². The van der Waals surface area contributed by atoms with E-state index in [-0.39, 0.29) is 0 Å². The van der Waals surface area contributed by atoms with Gasteiger partial charge in [0, 0.05) is 6.04 Å². The molecule has 17 heavy (non-hydrogen) atoms. The zero-order chi connectivity index (χ0) is 12.5. The number of halogens is 2. The van der Waals surface area contributed by atoms with Gasteiger partial charge < -0.3 is 5.32 Å². The molecule has 1 aliphatic rings. The Kier molecular flexibility index (Phi) is 4.02. The van der Waals surface area contributed by atoms with Crippen LogP contribution in [0, 0.1) is 5.41 Å². The number of rotatable bonds is 5. The Morgan fingerprint density at radius 2 is 2.06 bits per heavy atom. The molecule has 1 fully saturated rings. The third-order valence-corrected chi connectivity index (χ3v) is 4.75. The summed E-state index contributed by atoms with van der Waals surface area (Å²) in [5.74, 6) is 0. The van der Waals surface area contributed by atoms with Crippen LogP contribution in [0.4, 0.5) is 0 Å². The zero-order valence-electron chi connectivity index (χ0n) is 10.4. The van der Waals surface area contributed by atoms with Gasteiger partial charge in [-0.2, -0.15) is 0 Å². The summed E-state index contributed by atoms with van der Waals surface area (Å²) in [6, 6.07) is 6.47. The molecular formula is C14H19Cl2N. The van der Waals surface area contributed by atoms with E-state index in [2.05, 4.69) is 25.2 Å². The van der Waals surface area contributed by atoms with Crippen LogP contribution >= 0.6 is 23.2 Å². The quantitative estimate of drug-likeness (QED) is 0.842. The molecule has 0 radical (unpaired) electrons. The lowest BCUT2D eigenvalue weighted by atomic mass is 9.90. The highest BCUT2D eigenvalue weighted by Gasteiger charge is 2.47. The average molecular weight is 272 g/mol. The van der Waals surface area contributed by atoms with Gasteiger partial charge in [-0.25, -0.2) is 0 Å². The van der Waals surface area contributed by atoms with Gasteiger partial charge in [0.05, 0.1) is 10.0 Å². The molecule has 0 spiro atoms. The predicted octanol–water partition coefficient (Wildman–Crippen LogP) is 4.31. The van der Waals surface area contributed by atoms with Crippen LogP contribution in [0.5, 0.6) is 0 Å². The van der Waals surface area contributed by atoms with Crippen LogP contribution in [0.2, 0.25) is 10.0 Å². The van der Waals surface area contributed by atoms with Crippen molar-refractivity contribution in [2.45, 2.75) is 39.2 Å². The highest BCUT2D eigenvalue weighted by molar-refractivity contribution is 6.42. The van der Waals surface area contributed by atoms with Crippen molar-refractivity contribution >= 4 is 23.2 Å². The van der Waals surface area contributed by atoms with Crippen molar-refractivity contribution < 1.29 is 0 Å². The minimum Gasteiger partial charge on any atom is -0.314 e. The molecule has 1 atom stereocenters. The van der Waals surface area contributed by atoms with Crippen LogP contribution in [0.1, 0.15) is 32.3 Å². The van der Waals surface area contributed by atoms with Crippen LogP contribution in [0.3, 0.4) is 0 Å². The maximum absolute atomic E-state index is 6.26. The van der Waals surface area contributed by atoms with Gasteiger partial charge in [0.15, 0.2) is 0 Å². The molecule has 2 rings (SSSR count). The van der Waals surface area contributed by atoms with Crippen molar-refractivity contribution in [1.82, 2.24) is 5.32 Å². The number of hydrogen-bond acceptors (Lipinski definition) is 1. The second-order valence-corrected chi connectivity index (χ2v) is 5.82. The lowest BCUT2D eigenvalue weighted by Crippen LogP contribution is -2.36. The maximum atomic E-state index is 6.26. The summed E-state index contributed by atoms with van der Waals surface area (Å²) in [4.78, 5) is 0. The molecule has 1 N–H and O–H groups in total. The van der Waals surface area contributed by atoms with Crippen molar-refractivity contribution in [3.05, 3.63) is 33.8 Å². The first-order valence-corrected chi connectivity index (χ1v) is 7.01. The standard InChI is InChI=1S/C14H19Cl2N/c1-3-17-10(2)14(7-8-14)9-11-5-4-6-12(15)13(11)16/h4-6,10,17H,3,7-9H2,1-2H3. The lowest BCUT2D eigenvalue weighted by molar-refractivity contribution is 0.356. The summed E-state index contributed by atoms with van der Waals surface area (Å²) >= 11 is 12.3. The van der Waals surface area contributed by atoms with Gasteiger partial charge in [-0.15, -0.1) is 0 Å². The Morgan fingerprint density at radius 1 is 1.35 bits per heavy atom. The van der Waals surface area contributed by atoms with Crippen LogP contribution < -0.4 is 5.32 Å². The molecule has 1 nitrogen and oxygen atoms in total. The first kappa shape index (κ1) is 13.2. The fourth-order valence-corrected chi connectivity index (χ4v) is 2.90. The molecule has 0 aliphatic heterocycles. The van der Waals surface area contributed by atoms with E-state index in [1.165, 1.54) is 18.4 Å². The molecule has 0 saturated heterocycles. The molecule has 0 aromatic heterocycles. The van der Waals surface area contributed by atoms with E-state index in [0.717, 1.165) is 18.0 Å². The predicted molar refractivity (Wildman–Crippen MR) is 75.0 cm³/mol.